The molecule has 0 aliphatic heterocycles. The molecule has 1 aliphatic carbocycles. The average Bonchev–Trinajstić information content (AvgIpc) is 3.00. The van der Waals surface area contributed by atoms with Crippen LogP contribution in [0.2, 0.25) is 0 Å². The van der Waals surface area contributed by atoms with Gasteiger partial charge in [-0.15, -0.1) is 0 Å². The zero-order valence-electron chi connectivity index (χ0n) is 16.7. The van der Waals surface area contributed by atoms with E-state index in [0.29, 0.717) is 0 Å². The summed E-state index contributed by atoms with van der Waals surface area (Å²) < 4.78 is 0. The lowest BCUT2D eigenvalue weighted by Gasteiger charge is -2.34. The molecule has 28 heavy (non-hydrogen) atoms. The van der Waals surface area contributed by atoms with Crippen molar-refractivity contribution < 1.29 is 0 Å². The van der Waals surface area contributed by atoms with E-state index in [-0.39, 0.29) is 5.41 Å². The summed E-state index contributed by atoms with van der Waals surface area (Å²) >= 11 is 0. The maximum atomic E-state index is 2.38. The Balaban J connectivity index is 1.96. The number of hydrogen-bond acceptors (Lipinski definition) is 0. The summed E-state index contributed by atoms with van der Waals surface area (Å²) in [5.74, 6) is 0. The molecule has 0 unspecified atom stereocenters. The molecule has 4 aromatic rings. The molecule has 5 rings (SSSR count). The van der Waals surface area contributed by atoms with Crippen LogP contribution in [-0.4, -0.2) is 0 Å². The predicted molar refractivity (Wildman–Crippen MR) is 118 cm³/mol. The molecular formula is C28H24. The third-order valence-corrected chi connectivity index (χ3v) is 6.17. The molecule has 0 amide bonds. The summed E-state index contributed by atoms with van der Waals surface area (Å²) in [6, 6.07) is 34.0. The number of fused-ring (bicyclic) bond motifs is 3. The van der Waals surface area contributed by atoms with Gasteiger partial charge >= 0.3 is 0 Å². The SMILES string of the molecule is Cc1ccc(C2(c3ccc(C)cc3)c3ccccc3-c3ccc(C)cc32)cc1. The van der Waals surface area contributed by atoms with Crippen molar-refractivity contribution in [1.29, 1.82) is 0 Å². The molecule has 0 atom stereocenters. The molecule has 136 valence electrons. The molecule has 0 saturated carbocycles. The fraction of sp³-hybridized carbons (Fsp3) is 0.143. The molecule has 0 heterocycles. The third-order valence-electron chi connectivity index (χ3n) is 6.17. The van der Waals surface area contributed by atoms with Crippen LogP contribution in [0.5, 0.6) is 0 Å². The minimum atomic E-state index is -0.278. The van der Waals surface area contributed by atoms with Crippen molar-refractivity contribution in [2.24, 2.45) is 0 Å². The molecular weight excluding hydrogens is 336 g/mol. The van der Waals surface area contributed by atoms with Gasteiger partial charge < -0.3 is 0 Å². The van der Waals surface area contributed by atoms with Crippen LogP contribution in [0.4, 0.5) is 0 Å². The van der Waals surface area contributed by atoms with Crippen molar-refractivity contribution in [2.75, 3.05) is 0 Å². The monoisotopic (exact) mass is 360 g/mol. The fourth-order valence-electron chi connectivity index (χ4n) is 4.79. The van der Waals surface area contributed by atoms with Gasteiger partial charge in [0.1, 0.15) is 0 Å². The number of rotatable bonds is 2. The van der Waals surface area contributed by atoms with Crippen LogP contribution in [0.25, 0.3) is 11.1 Å². The second kappa shape index (κ2) is 6.21. The Morgan fingerprint density at radius 2 is 0.964 bits per heavy atom. The van der Waals surface area contributed by atoms with Crippen molar-refractivity contribution >= 4 is 0 Å². The van der Waals surface area contributed by atoms with Crippen LogP contribution in [0.15, 0.2) is 91.0 Å². The van der Waals surface area contributed by atoms with E-state index >= 15 is 0 Å². The highest BCUT2D eigenvalue weighted by molar-refractivity contribution is 5.86. The zero-order chi connectivity index (χ0) is 19.3. The van der Waals surface area contributed by atoms with E-state index in [1.54, 1.807) is 0 Å². The molecule has 1 aliphatic rings. The van der Waals surface area contributed by atoms with Crippen LogP contribution >= 0.6 is 0 Å². The highest BCUT2D eigenvalue weighted by Crippen LogP contribution is 2.56. The minimum absolute atomic E-state index is 0.278. The fourth-order valence-corrected chi connectivity index (χ4v) is 4.79. The van der Waals surface area contributed by atoms with Crippen molar-refractivity contribution in [2.45, 2.75) is 26.2 Å². The van der Waals surface area contributed by atoms with Gasteiger partial charge in [-0.05, 0) is 54.2 Å². The molecule has 0 nitrogen and oxygen atoms in total. The second-order valence-electron chi connectivity index (χ2n) is 8.08. The summed E-state index contributed by atoms with van der Waals surface area (Å²) in [5, 5.41) is 0. The maximum absolute atomic E-state index is 2.38. The van der Waals surface area contributed by atoms with Crippen LogP contribution < -0.4 is 0 Å². The van der Waals surface area contributed by atoms with Gasteiger partial charge in [0.15, 0.2) is 0 Å². The average molecular weight is 361 g/mol. The van der Waals surface area contributed by atoms with Gasteiger partial charge in [-0.1, -0.05) is 108 Å². The molecule has 0 bridgehead atoms. The highest BCUT2D eigenvalue weighted by Gasteiger charge is 2.45. The lowest BCUT2D eigenvalue weighted by Crippen LogP contribution is -2.28. The van der Waals surface area contributed by atoms with Gasteiger partial charge in [0.2, 0.25) is 0 Å². The maximum Gasteiger partial charge on any atom is 0.0713 e. The summed E-state index contributed by atoms with van der Waals surface area (Å²) in [7, 11) is 0. The van der Waals surface area contributed by atoms with E-state index in [4.69, 9.17) is 0 Å². The zero-order valence-corrected chi connectivity index (χ0v) is 16.7. The van der Waals surface area contributed by atoms with Crippen LogP contribution in [0.3, 0.4) is 0 Å². The molecule has 0 aromatic heterocycles. The first-order chi connectivity index (χ1) is 13.6. The van der Waals surface area contributed by atoms with Gasteiger partial charge in [-0.2, -0.15) is 0 Å². The van der Waals surface area contributed by atoms with Crippen LogP contribution in [0, 0.1) is 20.8 Å². The summed E-state index contributed by atoms with van der Waals surface area (Å²) in [6.45, 7) is 6.50. The Labute approximate surface area is 167 Å². The molecule has 0 radical (unpaired) electrons. The smallest absolute Gasteiger partial charge is 0.0619 e. The second-order valence-corrected chi connectivity index (χ2v) is 8.08. The Kier molecular flexibility index (Phi) is 3.77. The van der Waals surface area contributed by atoms with Crippen molar-refractivity contribution in [3.05, 3.63) is 130 Å². The Morgan fingerprint density at radius 3 is 1.57 bits per heavy atom. The van der Waals surface area contributed by atoms with Crippen LogP contribution in [0.1, 0.15) is 38.9 Å². The van der Waals surface area contributed by atoms with E-state index in [1.165, 1.54) is 50.1 Å². The largest absolute Gasteiger partial charge is 0.0713 e. The number of aryl methyl sites for hydroxylation is 3. The van der Waals surface area contributed by atoms with E-state index in [1.807, 2.05) is 0 Å². The summed E-state index contributed by atoms with van der Waals surface area (Å²) in [4.78, 5) is 0. The predicted octanol–water partition coefficient (Wildman–Crippen LogP) is 6.97. The first-order valence-corrected chi connectivity index (χ1v) is 9.96. The number of hydrogen-bond donors (Lipinski definition) is 0. The molecule has 0 saturated heterocycles. The number of benzene rings is 4. The molecule has 4 aromatic carbocycles. The standard InChI is InChI=1S/C28H24/c1-19-8-13-22(14-9-19)28(23-15-10-20(2)11-16-23)26-7-5-4-6-24(26)25-17-12-21(3)18-27(25)28/h4-18H,1-3H3. The van der Waals surface area contributed by atoms with Gasteiger partial charge in [-0.25, -0.2) is 0 Å². The lowest BCUT2D eigenvalue weighted by molar-refractivity contribution is 0.766. The van der Waals surface area contributed by atoms with E-state index in [2.05, 4.69) is 112 Å². The van der Waals surface area contributed by atoms with Crippen LogP contribution in [-0.2, 0) is 5.41 Å². The molecule has 0 spiro atoms. The topological polar surface area (TPSA) is 0 Å². The van der Waals surface area contributed by atoms with Gasteiger partial charge in [0, 0.05) is 0 Å². The summed E-state index contributed by atoms with van der Waals surface area (Å²) in [5.41, 5.74) is 11.7. The third kappa shape index (κ3) is 2.31. The van der Waals surface area contributed by atoms with Gasteiger partial charge in [0.25, 0.3) is 0 Å². The minimum Gasteiger partial charge on any atom is -0.0619 e. The highest BCUT2D eigenvalue weighted by atomic mass is 14.5. The quantitative estimate of drug-likeness (QED) is 0.319. The summed E-state index contributed by atoms with van der Waals surface area (Å²) in [6.07, 6.45) is 0. The normalized spacial score (nSPS) is 13.8. The Hall–Kier alpha value is -3.12. The van der Waals surface area contributed by atoms with E-state index in [0.717, 1.165) is 0 Å². The lowest BCUT2D eigenvalue weighted by atomic mass is 9.67. The first kappa shape index (κ1) is 17.0. The first-order valence-electron chi connectivity index (χ1n) is 9.96. The molecule has 0 N–H and O–H groups in total. The Morgan fingerprint density at radius 1 is 0.464 bits per heavy atom. The Bertz CT molecular complexity index is 1120. The van der Waals surface area contributed by atoms with E-state index in [9.17, 15) is 0 Å². The van der Waals surface area contributed by atoms with Crippen molar-refractivity contribution in [3.8, 4) is 11.1 Å². The molecule has 0 heteroatoms. The van der Waals surface area contributed by atoms with Gasteiger partial charge in [-0.3, -0.25) is 0 Å². The van der Waals surface area contributed by atoms with E-state index < -0.39 is 0 Å². The van der Waals surface area contributed by atoms with Crippen molar-refractivity contribution in [1.82, 2.24) is 0 Å². The molecule has 0 fully saturated rings. The van der Waals surface area contributed by atoms with Crippen molar-refractivity contribution in [3.63, 3.8) is 0 Å². The van der Waals surface area contributed by atoms with Gasteiger partial charge in [0.05, 0.1) is 5.41 Å².